The van der Waals surface area contributed by atoms with Crippen LogP contribution in [-0.4, -0.2) is 23.0 Å². The summed E-state index contributed by atoms with van der Waals surface area (Å²) in [5.41, 5.74) is 1.07. The molecule has 17 heavy (non-hydrogen) atoms. The van der Waals surface area contributed by atoms with Gasteiger partial charge in [-0.3, -0.25) is 4.79 Å². The Balaban J connectivity index is 1.89. The van der Waals surface area contributed by atoms with E-state index in [1.54, 1.807) is 12.1 Å². The van der Waals surface area contributed by atoms with Crippen LogP contribution in [0.5, 0.6) is 0 Å². The van der Waals surface area contributed by atoms with Gasteiger partial charge in [0.2, 0.25) is 5.91 Å². The molecule has 90 valence electrons. The van der Waals surface area contributed by atoms with Crippen molar-refractivity contribution in [3.05, 3.63) is 35.4 Å². The molecule has 0 radical (unpaired) electrons. The highest BCUT2D eigenvalue weighted by molar-refractivity contribution is 5.87. The van der Waals surface area contributed by atoms with Gasteiger partial charge in [-0.25, -0.2) is 4.79 Å². The SMILES string of the molecule is CC1CC1NC(=O)Cc1ccc(C(=O)O)cc1. The van der Waals surface area contributed by atoms with Crippen LogP contribution < -0.4 is 5.32 Å². The molecule has 0 spiro atoms. The lowest BCUT2D eigenvalue weighted by molar-refractivity contribution is -0.120. The Labute approximate surface area is 99.6 Å². The van der Waals surface area contributed by atoms with Gasteiger partial charge in [0.25, 0.3) is 0 Å². The predicted octanol–water partition coefficient (Wildman–Crippen LogP) is 1.45. The Kier molecular flexibility index (Phi) is 3.13. The maximum Gasteiger partial charge on any atom is 0.335 e. The van der Waals surface area contributed by atoms with E-state index in [1.807, 2.05) is 0 Å². The lowest BCUT2D eigenvalue weighted by Crippen LogP contribution is -2.28. The van der Waals surface area contributed by atoms with Crippen molar-refractivity contribution >= 4 is 11.9 Å². The van der Waals surface area contributed by atoms with Crippen molar-refractivity contribution in [1.82, 2.24) is 5.32 Å². The molecule has 2 N–H and O–H groups in total. The fourth-order valence-electron chi connectivity index (χ4n) is 1.73. The number of hydrogen-bond acceptors (Lipinski definition) is 2. The Bertz CT molecular complexity index is 438. The maximum atomic E-state index is 11.6. The van der Waals surface area contributed by atoms with Gasteiger partial charge in [-0.15, -0.1) is 0 Å². The van der Waals surface area contributed by atoms with E-state index in [0.29, 0.717) is 18.4 Å². The summed E-state index contributed by atoms with van der Waals surface area (Å²) in [6, 6.07) is 6.73. The zero-order valence-electron chi connectivity index (χ0n) is 9.64. The van der Waals surface area contributed by atoms with Crippen molar-refractivity contribution in [3.63, 3.8) is 0 Å². The normalized spacial score (nSPS) is 21.9. The highest BCUT2D eigenvalue weighted by atomic mass is 16.4. The Morgan fingerprint density at radius 3 is 2.41 bits per heavy atom. The van der Waals surface area contributed by atoms with Crippen molar-refractivity contribution in [2.24, 2.45) is 5.92 Å². The fraction of sp³-hybridized carbons (Fsp3) is 0.385. The van der Waals surface area contributed by atoms with Crippen LogP contribution in [0.3, 0.4) is 0 Å². The van der Waals surface area contributed by atoms with Crippen LogP contribution in [0.25, 0.3) is 0 Å². The second kappa shape index (κ2) is 4.57. The van der Waals surface area contributed by atoms with Crippen LogP contribution in [0.15, 0.2) is 24.3 Å². The van der Waals surface area contributed by atoms with E-state index in [9.17, 15) is 9.59 Å². The summed E-state index contributed by atoms with van der Waals surface area (Å²) in [7, 11) is 0. The van der Waals surface area contributed by atoms with Crippen LogP contribution in [0.1, 0.15) is 29.3 Å². The minimum atomic E-state index is -0.951. The number of aromatic carboxylic acids is 1. The molecular formula is C13H15NO3. The molecule has 1 aliphatic carbocycles. The molecule has 1 aliphatic rings. The van der Waals surface area contributed by atoms with Gasteiger partial charge in [0.1, 0.15) is 0 Å². The molecular weight excluding hydrogens is 218 g/mol. The highest BCUT2D eigenvalue weighted by Crippen LogP contribution is 2.28. The summed E-state index contributed by atoms with van der Waals surface area (Å²) in [4.78, 5) is 22.2. The number of rotatable bonds is 4. The predicted molar refractivity (Wildman–Crippen MR) is 62.8 cm³/mol. The molecule has 1 aromatic carbocycles. The zero-order valence-corrected chi connectivity index (χ0v) is 9.64. The molecule has 2 rings (SSSR count). The van der Waals surface area contributed by atoms with Crippen LogP contribution in [0.2, 0.25) is 0 Å². The number of carbonyl (C=O) groups excluding carboxylic acids is 1. The van der Waals surface area contributed by atoms with E-state index >= 15 is 0 Å². The van der Waals surface area contributed by atoms with E-state index in [2.05, 4.69) is 12.2 Å². The van der Waals surface area contributed by atoms with Crippen molar-refractivity contribution in [2.45, 2.75) is 25.8 Å². The standard InChI is InChI=1S/C13H15NO3/c1-8-6-11(8)14-12(15)7-9-2-4-10(5-3-9)13(16)17/h2-5,8,11H,6-7H2,1H3,(H,14,15)(H,16,17). The minimum Gasteiger partial charge on any atom is -0.478 e. The number of carboxylic acids is 1. The maximum absolute atomic E-state index is 11.6. The molecule has 1 saturated carbocycles. The Morgan fingerprint density at radius 2 is 1.94 bits per heavy atom. The number of benzene rings is 1. The van der Waals surface area contributed by atoms with Crippen LogP contribution in [0, 0.1) is 5.92 Å². The lowest BCUT2D eigenvalue weighted by Gasteiger charge is -2.04. The highest BCUT2D eigenvalue weighted by Gasteiger charge is 2.33. The summed E-state index contributed by atoms with van der Waals surface area (Å²) >= 11 is 0. The van der Waals surface area contributed by atoms with Gasteiger partial charge in [0.05, 0.1) is 12.0 Å². The van der Waals surface area contributed by atoms with E-state index in [4.69, 9.17) is 5.11 Å². The fourth-order valence-corrected chi connectivity index (χ4v) is 1.73. The van der Waals surface area contributed by atoms with Gasteiger partial charge in [-0.1, -0.05) is 19.1 Å². The third-order valence-corrected chi connectivity index (χ3v) is 3.02. The first-order chi connectivity index (χ1) is 8.06. The van der Waals surface area contributed by atoms with Gasteiger partial charge in [0.15, 0.2) is 0 Å². The van der Waals surface area contributed by atoms with Crippen LogP contribution in [-0.2, 0) is 11.2 Å². The van der Waals surface area contributed by atoms with Gasteiger partial charge in [-0.05, 0) is 30.0 Å². The van der Waals surface area contributed by atoms with Crippen LogP contribution in [0.4, 0.5) is 0 Å². The summed E-state index contributed by atoms with van der Waals surface area (Å²) in [6.07, 6.45) is 1.37. The molecule has 2 unspecified atom stereocenters. The second-order valence-electron chi connectivity index (χ2n) is 4.57. The average molecular weight is 233 g/mol. The molecule has 0 bridgehead atoms. The first-order valence-electron chi connectivity index (χ1n) is 5.68. The monoisotopic (exact) mass is 233 g/mol. The Hall–Kier alpha value is -1.84. The topological polar surface area (TPSA) is 66.4 Å². The van der Waals surface area contributed by atoms with E-state index in [0.717, 1.165) is 12.0 Å². The molecule has 0 heterocycles. The minimum absolute atomic E-state index is 0.00225. The lowest BCUT2D eigenvalue weighted by atomic mass is 10.1. The van der Waals surface area contributed by atoms with Crippen LogP contribution >= 0.6 is 0 Å². The number of carboxylic acid groups (broad SMARTS) is 1. The Morgan fingerprint density at radius 1 is 1.35 bits per heavy atom. The first kappa shape index (κ1) is 11.6. The average Bonchev–Trinajstić information content (AvgIpc) is 2.94. The van der Waals surface area contributed by atoms with E-state index in [1.165, 1.54) is 12.1 Å². The summed E-state index contributed by atoms with van der Waals surface area (Å²) in [5, 5.41) is 11.7. The van der Waals surface area contributed by atoms with Crippen molar-refractivity contribution in [2.75, 3.05) is 0 Å². The molecule has 2 atom stereocenters. The number of hydrogen-bond donors (Lipinski definition) is 2. The van der Waals surface area contributed by atoms with Crippen molar-refractivity contribution < 1.29 is 14.7 Å². The summed E-state index contributed by atoms with van der Waals surface area (Å²) in [5.74, 6) is -0.358. The quantitative estimate of drug-likeness (QED) is 0.827. The molecule has 0 saturated heterocycles. The van der Waals surface area contributed by atoms with Crippen molar-refractivity contribution in [3.8, 4) is 0 Å². The number of nitrogens with one attached hydrogen (secondary N) is 1. The first-order valence-corrected chi connectivity index (χ1v) is 5.68. The van der Waals surface area contributed by atoms with Gasteiger partial charge >= 0.3 is 5.97 Å². The summed E-state index contributed by atoms with van der Waals surface area (Å²) < 4.78 is 0. The number of carbonyl (C=O) groups is 2. The van der Waals surface area contributed by atoms with Crippen molar-refractivity contribution in [1.29, 1.82) is 0 Å². The molecule has 1 amide bonds. The van der Waals surface area contributed by atoms with Gasteiger partial charge in [0, 0.05) is 6.04 Å². The van der Waals surface area contributed by atoms with E-state index in [-0.39, 0.29) is 11.5 Å². The molecule has 1 fully saturated rings. The zero-order chi connectivity index (χ0) is 12.4. The molecule has 0 aliphatic heterocycles. The largest absolute Gasteiger partial charge is 0.478 e. The van der Waals surface area contributed by atoms with Gasteiger partial charge in [-0.2, -0.15) is 0 Å². The summed E-state index contributed by atoms with van der Waals surface area (Å²) in [6.45, 7) is 2.10. The molecule has 4 nitrogen and oxygen atoms in total. The third kappa shape index (κ3) is 3.06. The molecule has 0 aromatic heterocycles. The van der Waals surface area contributed by atoms with E-state index < -0.39 is 5.97 Å². The number of amides is 1. The third-order valence-electron chi connectivity index (χ3n) is 3.02. The van der Waals surface area contributed by atoms with Gasteiger partial charge < -0.3 is 10.4 Å². The second-order valence-corrected chi connectivity index (χ2v) is 4.57. The molecule has 4 heteroatoms. The molecule has 1 aromatic rings. The smallest absolute Gasteiger partial charge is 0.335 e.